The quantitative estimate of drug-likeness (QED) is 0.377. The SMILES string of the molecule is COc1cc(C=Cc2ccc(O)c(C=NC(=O)c3ccc(O)cc3O)c2)ccc1O. The number of nitrogens with zero attached hydrogens (tertiary/aromatic N) is 1. The maximum Gasteiger partial charge on any atom is 0.280 e. The van der Waals surface area contributed by atoms with Crippen molar-refractivity contribution in [1.29, 1.82) is 0 Å². The molecule has 0 fully saturated rings. The standard InChI is InChI=1S/C23H19NO6/c1-30-22-11-15(5-9-20(22)27)3-2-14-4-8-19(26)16(10-14)13-24-23(29)18-7-6-17(25)12-21(18)28/h2-13,25-28H,1H3. The largest absolute Gasteiger partial charge is 0.508 e. The second kappa shape index (κ2) is 8.83. The number of rotatable bonds is 5. The Kier molecular flexibility index (Phi) is 6.03. The normalized spacial score (nSPS) is 11.2. The van der Waals surface area contributed by atoms with Gasteiger partial charge in [-0.1, -0.05) is 24.3 Å². The van der Waals surface area contributed by atoms with E-state index in [9.17, 15) is 25.2 Å². The van der Waals surface area contributed by atoms with Crippen molar-refractivity contribution in [1.82, 2.24) is 0 Å². The van der Waals surface area contributed by atoms with Crippen LogP contribution in [0.15, 0.2) is 59.6 Å². The zero-order valence-electron chi connectivity index (χ0n) is 16.0. The number of hydrogen-bond acceptors (Lipinski definition) is 6. The Morgan fingerprint density at radius 1 is 0.833 bits per heavy atom. The number of aliphatic imine (C=N–C) groups is 1. The summed E-state index contributed by atoms with van der Waals surface area (Å²) in [6.45, 7) is 0. The zero-order chi connectivity index (χ0) is 21.7. The molecule has 0 aliphatic heterocycles. The van der Waals surface area contributed by atoms with Crippen LogP contribution in [0.2, 0.25) is 0 Å². The molecule has 3 aromatic carbocycles. The highest BCUT2D eigenvalue weighted by Crippen LogP contribution is 2.27. The van der Waals surface area contributed by atoms with Gasteiger partial charge in [0.25, 0.3) is 5.91 Å². The van der Waals surface area contributed by atoms with E-state index in [0.717, 1.165) is 17.2 Å². The Balaban J connectivity index is 1.81. The first-order valence-corrected chi connectivity index (χ1v) is 8.86. The summed E-state index contributed by atoms with van der Waals surface area (Å²) in [4.78, 5) is 16.0. The van der Waals surface area contributed by atoms with Crippen molar-refractivity contribution in [3.05, 3.63) is 76.9 Å². The Bertz CT molecular complexity index is 1150. The molecule has 0 saturated carbocycles. The molecule has 0 aliphatic carbocycles. The van der Waals surface area contributed by atoms with Crippen molar-refractivity contribution in [2.75, 3.05) is 7.11 Å². The third-order valence-electron chi connectivity index (χ3n) is 4.26. The molecule has 0 saturated heterocycles. The van der Waals surface area contributed by atoms with E-state index >= 15 is 0 Å². The molecule has 152 valence electrons. The summed E-state index contributed by atoms with van der Waals surface area (Å²) in [6.07, 6.45) is 4.79. The van der Waals surface area contributed by atoms with Crippen LogP contribution in [0.25, 0.3) is 12.2 Å². The molecule has 0 spiro atoms. The minimum atomic E-state index is -0.718. The van der Waals surface area contributed by atoms with Gasteiger partial charge in [-0.3, -0.25) is 4.79 Å². The summed E-state index contributed by atoms with van der Waals surface area (Å²) in [7, 11) is 1.47. The first kappa shape index (κ1) is 20.5. The van der Waals surface area contributed by atoms with Gasteiger partial charge in [-0.15, -0.1) is 0 Å². The lowest BCUT2D eigenvalue weighted by Gasteiger charge is -2.04. The summed E-state index contributed by atoms with van der Waals surface area (Å²) in [5.74, 6) is -0.943. The molecule has 30 heavy (non-hydrogen) atoms. The number of ether oxygens (including phenoxy) is 1. The van der Waals surface area contributed by atoms with Crippen molar-refractivity contribution in [3.63, 3.8) is 0 Å². The number of aromatic hydroxyl groups is 4. The fourth-order valence-corrected chi connectivity index (χ4v) is 2.67. The van der Waals surface area contributed by atoms with Gasteiger partial charge in [0, 0.05) is 17.8 Å². The van der Waals surface area contributed by atoms with Crippen LogP contribution in [0.3, 0.4) is 0 Å². The van der Waals surface area contributed by atoms with Gasteiger partial charge in [0.05, 0.1) is 12.7 Å². The highest BCUT2D eigenvalue weighted by atomic mass is 16.5. The first-order valence-electron chi connectivity index (χ1n) is 8.86. The van der Waals surface area contributed by atoms with E-state index in [1.165, 1.54) is 37.6 Å². The van der Waals surface area contributed by atoms with Crippen LogP contribution in [-0.2, 0) is 0 Å². The molecule has 0 heterocycles. The summed E-state index contributed by atoms with van der Waals surface area (Å²) in [6, 6.07) is 13.3. The van der Waals surface area contributed by atoms with Crippen LogP contribution in [0, 0.1) is 0 Å². The van der Waals surface area contributed by atoms with Crippen molar-refractivity contribution in [3.8, 4) is 28.7 Å². The lowest BCUT2D eigenvalue weighted by Crippen LogP contribution is -1.97. The van der Waals surface area contributed by atoms with E-state index in [4.69, 9.17) is 4.74 Å². The average Bonchev–Trinajstić information content (AvgIpc) is 2.72. The van der Waals surface area contributed by atoms with Crippen LogP contribution < -0.4 is 4.74 Å². The van der Waals surface area contributed by atoms with Gasteiger partial charge in [0.15, 0.2) is 11.5 Å². The van der Waals surface area contributed by atoms with E-state index in [1.807, 2.05) is 0 Å². The molecule has 0 bridgehead atoms. The Labute approximate surface area is 172 Å². The molecule has 3 rings (SSSR count). The molecular formula is C23H19NO6. The third kappa shape index (κ3) is 4.77. The van der Waals surface area contributed by atoms with E-state index in [-0.39, 0.29) is 28.6 Å². The maximum absolute atomic E-state index is 12.2. The minimum absolute atomic E-state index is 0.0436. The molecule has 0 radical (unpaired) electrons. The number of carbonyl (C=O) groups is 1. The summed E-state index contributed by atoms with van der Waals surface area (Å²) in [5.41, 5.74) is 1.78. The fourth-order valence-electron chi connectivity index (χ4n) is 2.67. The number of carbonyl (C=O) groups excluding carboxylic acids is 1. The van der Waals surface area contributed by atoms with Crippen LogP contribution >= 0.6 is 0 Å². The summed E-state index contributed by atoms with van der Waals surface area (Å²) in [5, 5.41) is 38.8. The Hall–Kier alpha value is -4.26. The van der Waals surface area contributed by atoms with Crippen LogP contribution in [-0.4, -0.2) is 39.7 Å². The van der Waals surface area contributed by atoms with E-state index in [0.29, 0.717) is 11.3 Å². The number of phenolic OH excluding ortho intramolecular Hbond substituents is 4. The molecule has 7 nitrogen and oxygen atoms in total. The topological polar surface area (TPSA) is 120 Å². The molecule has 4 N–H and O–H groups in total. The molecule has 7 heteroatoms. The monoisotopic (exact) mass is 405 g/mol. The molecular weight excluding hydrogens is 386 g/mol. The molecule has 0 aromatic heterocycles. The number of benzene rings is 3. The van der Waals surface area contributed by atoms with Crippen molar-refractivity contribution in [2.24, 2.45) is 4.99 Å². The number of methoxy groups -OCH3 is 1. The second-order valence-electron chi connectivity index (χ2n) is 6.35. The molecule has 3 aromatic rings. The zero-order valence-corrected chi connectivity index (χ0v) is 16.0. The van der Waals surface area contributed by atoms with Crippen LogP contribution in [0.4, 0.5) is 0 Å². The fraction of sp³-hybridized carbons (Fsp3) is 0.0435. The van der Waals surface area contributed by atoms with Gasteiger partial charge in [0.2, 0.25) is 0 Å². The van der Waals surface area contributed by atoms with Gasteiger partial charge >= 0.3 is 0 Å². The van der Waals surface area contributed by atoms with E-state index < -0.39 is 5.91 Å². The van der Waals surface area contributed by atoms with Crippen molar-refractivity contribution >= 4 is 24.3 Å². The maximum atomic E-state index is 12.2. The highest BCUT2D eigenvalue weighted by Gasteiger charge is 2.10. The Morgan fingerprint density at radius 3 is 2.17 bits per heavy atom. The summed E-state index contributed by atoms with van der Waals surface area (Å²) >= 11 is 0. The second-order valence-corrected chi connectivity index (χ2v) is 6.35. The molecule has 1 amide bonds. The Morgan fingerprint density at radius 2 is 1.50 bits per heavy atom. The average molecular weight is 405 g/mol. The van der Waals surface area contributed by atoms with E-state index in [1.54, 1.807) is 36.4 Å². The lowest BCUT2D eigenvalue weighted by atomic mass is 10.1. The number of amides is 1. The molecule has 0 unspecified atom stereocenters. The van der Waals surface area contributed by atoms with Gasteiger partial charge in [-0.05, 0) is 47.5 Å². The smallest absolute Gasteiger partial charge is 0.280 e. The molecule has 0 atom stereocenters. The van der Waals surface area contributed by atoms with Gasteiger partial charge < -0.3 is 25.2 Å². The van der Waals surface area contributed by atoms with Gasteiger partial charge in [-0.2, -0.15) is 0 Å². The lowest BCUT2D eigenvalue weighted by molar-refractivity contribution is 0.100. The minimum Gasteiger partial charge on any atom is -0.508 e. The van der Waals surface area contributed by atoms with Gasteiger partial charge in [0.1, 0.15) is 17.2 Å². The van der Waals surface area contributed by atoms with Crippen molar-refractivity contribution < 1.29 is 30.0 Å². The predicted octanol–water partition coefficient (Wildman–Crippen LogP) is 3.95. The summed E-state index contributed by atoms with van der Waals surface area (Å²) < 4.78 is 5.08. The van der Waals surface area contributed by atoms with Crippen LogP contribution in [0.1, 0.15) is 27.0 Å². The van der Waals surface area contributed by atoms with Crippen molar-refractivity contribution in [2.45, 2.75) is 0 Å². The molecule has 0 aliphatic rings. The van der Waals surface area contributed by atoms with Crippen LogP contribution in [0.5, 0.6) is 28.7 Å². The number of hydrogen-bond donors (Lipinski definition) is 4. The predicted molar refractivity (Wildman–Crippen MR) is 113 cm³/mol. The third-order valence-corrected chi connectivity index (χ3v) is 4.26. The van der Waals surface area contributed by atoms with Gasteiger partial charge in [-0.25, -0.2) is 4.99 Å². The number of phenols is 4. The van der Waals surface area contributed by atoms with E-state index in [2.05, 4.69) is 4.99 Å². The highest BCUT2D eigenvalue weighted by molar-refractivity contribution is 6.04. The first-order chi connectivity index (χ1) is 14.4.